The van der Waals surface area contributed by atoms with Crippen LogP contribution in [0.3, 0.4) is 0 Å². The van der Waals surface area contributed by atoms with Crippen molar-refractivity contribution in [3.8, 4) is 11.5 Å². The number of carbonyl (C=O) groups is 2. The molecule has 136 valence electrons. The Bertz CT molecular complexity index is 926. The van der Waals surface area contributed by atoms with Crippen LogP contribution >= 0.6 is 0 Å². The normalized spacial score (nSPS) is 10.3. The molecule has 0 heterocycles. The summed E-state index contributed by atoms with van der Waals surface area (Å²) in [7, 11) is 0. The van der Waals surface area contributed by atoms with Gasteiger partial charge in [-0.05, 0) is 61.0 Å². The van der Waals surface area contributed by atoms with Crippen molar-refractivity contribution in [1.29, 1.82) is 0 Å². The quantitative estimate of drug-likeness (QED) is 0.542. The second-order valence-corrected chi connectivity index (χ2v) is 6.02. The van der Waals surface area contributed by atoms with Gasteiger partial charge in [-0.3, -0.25) is 0 Å². The second kappa shape index (κ2) is 8.19. The van der Waals surface area contributed by atoms with Gasteiger partial charge in [0.25, 0.3) is 0 Å². The average molecular weight is 362 g/mol. The number of esters is 2. The summed E-state index contributed by atoms with van der Waals surface area (Å²) >= 11 is 0. The zero-order valence-corrected chi connectivity index (χ0v) is 14.7. The predicted molar refractivity (Wildman–Crippen MR) is 99.8 cm³/mol. The lowest BCUT2D eigenvalue weighted by molar-refractivity contribution is 0.0472. The molecule has 27 heavy (non-hydrogen) atoms. The molecule has 0 bridgehead atoms. The number of phenols is 1. The summed E-state index contributed by atoms with van der Waals surface area (Å²) in [4.78, 5) is 24.2. The standard InChI is InChI=1S/C22H18O5/c1-15-2-4-16(5-3-15)14-26-21(24)17-8-12-20(13-9-17)27-22(25)18-6-10-19(23)11-7-18/h2-13,23H,14H2,1H3. The van der Waals surface area contributed by atoms with Gasteiger partial charge in [0.1, 0.15) is 18.1 Å². The number of phenolic OH excluding ortho intramolecular Hbond substituents is 1. The van der Waals surface area contributed by atoms with E-state index in [1.165, 1.54) is 48.5 Å². The number of benzene rings is 3. The monoisotopic (exact) mass is 362 g/mol. The molecule has 0 aromatic heterocycles. The number of ether oxygens (including phenoxy) is 2. The van der Waals surface area contributed by atoms with E-state index >= 15 is 0 Å². The van der Waals surface area contributed by atoms with Crippen molar-refractivity contribution in [2.45, 2.75) is 13.5 Å². The molecule has 3 rings (SSSR count). The third-order valence-corrected chi connectivity index (χ3v) is 3.89. The van der Waals surface area contributed by atoms with Gasteiger partial charge in [-0.2, -0.15) is 0 Å². The van der Waals surface area contributed by atoms with Crippen molar-refractivity contribution in [1.82, 2.24) is 0 Å². The van der Waals surface area contributed by atoms with Gasteiger partial charge >= 0.3 is 11.9 Å². The molecule has 1 N–H and O–H groups in total. The van der Waals surface area contributed by atoms with Gasteiger partial charge in [0.2, 0.25) is 0 Å². The second-order valence-electron chi connectivity index (χ2n) is 6.02. The summed E-state index contributed by atoms with van der Waals surface area (Å²) in [6, 6.07) is 19.6. The summed E-state index contributed by atoms with van der Waals surface area (Å²) in [5.41, 5.74) is 2.73. The van der Waals surface area contributed by atoms with E-state index in [1.807, 2.05) is 31.2 Å². The third-order valence-electron chi connectivity index (χ3n) is 3.89. The minimum absolute atomic E-state index is 0.0695. The van der Waals surface area contributed by atoms with E-state index in [-0.39, 0.29) is 12.4 Å². The van der Waals surface area contributed by atoms with E-state index in [0.717, 1.165) is 11.1 Å². The fraction of sp³-hybridized carbons (Fsp3) is 0.0909. The number of aryl methyl sites for hydroxylation is 1. The maximum absolute atomic E-state index is 12.1. The SMILES string of the molecule is Cc1ccc(COC(=O)c2ccc(OC(=O)c3ccc(O)cc3)cc2)cc1. The van der Waals surface area contributed by atoms with Crippen LogP contribution in [0, 0.1) is 6.92 Å². The van der Waals surface area contributed by atoms with Crippen LogP contribution in [0.25, 0.3) is 0 Å². The maximum Gasteiger partial charge on any atom is 0.343 e. The van der Waals surface area contributed by atoms with Gasteiger partial charge in [0.05, 0.1) is 11.1 Å². The summed E-state index contributed by atoms with van der Waals surface area (Å²) in [6.45, 7) is 2.18. The van der Waals surface area contributed by atoms with Gasteiger partial charge in [0, 0.05) is 0 Å². The van der Waals surface area contributed by atoms with Gasteiger partial charge < -0.3 is 14.6 Å². The van der Waals surface area contributed by atoms with E-state index in [4.69, 9.17) is 9.47 Å². The van der Waals surface area contributed by atoms with Crippen LogP contribution in [0.4, 0.5) is 0 Å². The first-order chi connectivity index (χ1) is 13.0. The molecular weight excluding hydrogens is 344 g/mol. The van der Waals surface area contributed by atoms with Gasteiger partial charge in [-0.15, -0.1) is 0 Å². The molecule has 0 aliphatic carbocycles. The lowest BCUT2D eigenvalue weighted by Crippen LogP contribution is -2.09. The molecule has 5 nitrogen and oxygen atoms in total. The Hall–Kier alpha value is -3.60. The van der Waals surface area contributed by atoms with Gasteiger partial charge in [-0.25, -0.2) is 9.59 Å². The van der Waals surface area contributed by atoms with Crippen LogP contribution in [0.15, 0.2) is 72.8 Å². The Morgan fingerprint density at radius 1 is 0.778 bits per heavy atom. The first-order valence-corrected chi connectivity index (χ1v) is 8.35. The fourth-order valence-electron chi connectivity index (χ4n) is 2.34. The highest BCUT2D eigenvalue weighted by Crippen LogP contribution is 2.17. The van der Waals surface area contributed by atoms with Gasteiger partial charge in [0.15, 0.2) is 0 Å². The highest BCUT2D eigenvalue weighted by molar-refractivity contribution is 5.92. The molecule has 5 heteroatoms. The fourth-order valence-corrected chi connectivity index (χ4v) is 2.34. The minimum Gasteiger partial charge on any atom is -0.508 e. The first-order valence-electron chi connectivity index (χ1n) is 8.35. The van der Waals surface area contributed by atoms with E-state index in [0.29, 0.717) is 16.9 Å². The summed E-state index contributed by atoms with van der Waals surface area (Å²) in [6.07, 6.45) is 0. The summed E-state index contributed by atoms with van der Waals surface area (Å²) in [5, 5.41) is 9.24. The van der Waals surface area contributed by atoms with E-state index in [2.05, 4.69) is 0 Å². The topological polar surface area (TPSA) is 72.8 Å². The molecule has 0 saturated carbocycles. The van der Waals surface area contributed by atoms with E-state index in [1.54, 1.807) is 0 Å². The molecule has 0 saturated heterocycles. The maximum atomic E-state index is 12.1. The van der Waals surface area contributed by atoms with Crippen LogP contribution < -0.4 is 4.74 Å². The Morgan fingerprint density at radius 3 is 1.96 bits per heavy atom. The first kappa shape index (κ1) is 18.2. The van der Waals surface area contributed by atoms with Crippen LogP contribution in [-0.4, -0.2) is 17.0 Å². The smallest absolute Gasteiger partial charge is 0.343 e. The Balaban J connectivity index is 1.57. The van der Waals surface area contributed by atoms with E-state index in [9.17, 15) is 14.7 Å². The number of carbonyl (C=O) groups excluding carboxylic acids is 2. The lowest BCUT2D eigenvalue weighted by Gasteiger charge is -2.07. The Kier molecular flexibility index (Phi) is 5.52. The number of hydrogen-bond acceptors (Lipinski definition) is 5. The van der Waals surface area contributed by atoms with Crippen LogP contribution in [-0.2, 0) is 11.3 Å². The Labute approximate surface area is 156 Å². The number of aromatic hydroxyl groups is 1. The van der Waals surface area contributed by atoms with Crippen LogP contribution in [0.2, 0.25) is 0 Å². The van der Waals surface area contributed by atoms with Crippen LogP contribution in [0.5, 0.6) is 11.5 Å². The average Bonchev–Trinajstić information content (AvgIpc) is 2.68. The van der Waals surface area contributed by atoms with E-state index < -0.39 is 11.9 Å². The molecule has 0 aliphatic rings. The summed E-state index contributed by atoms with van der Waals surface area (Å²) < 4.78 is 10.5. The zero-order chi connectivity index (χ0) is 19.2. The highest BCUT2D eigenvalue weighted by Gasteiger charge is 2.11. The van der Waals surface area contributed by atoms with Crippen molar-refractivity contribution >= 4 is 11.9 Å². The third kappa shape index (κ3) is 4.95. The predicted octanol–water partition coefficient (Wildman–Crippen LogP) is 4.28. The number of rotatable bonds is 5. The molecule has 3 aromatic rings. The zero-order valence-electron chi connectivity index (χ0n) is 14.7. The highest BCUT2D eigenvalue weighted by atomic mass is 16.5. The molecule has 3 aromatic carbocycles. The molecule has 0 unspecified atom stereocenters. The van der Waals surface area contributed by atoms with Crippen molar-refractivity contribution in [3.63, 3.8) is 0 Å². The molecule has 0 atom stereocenters. The molecule has 0 spiro atoms. The molecular formula is C22H18O5. The minimum atomic E-state index is -0.551. The van der Waals surface area contributed by atoms with Crippen molar-refractivity contribution in [3.05, 3.63) is 95.1 Å². The lowest BCUT2D eigenvalue weighted by atomic mass is 10.2. The Morgan fingerprint density at radius 2 is 1.33 bits per heavy atom. The number of hydrogen-bond donors (Lipinski definition) is 1. The molecule has 0 radical (unpaired) electrons. The van der Waals surface area contributed by atoms with Crippen molar-refractivity contribution < 1.29 is 24.2 Å². The van der Waals surface area contributed by atoms with Gasteiger partial charge in [-0.1, -0.05) is 29.8 Å². The van der Waals surface area contributed by atoms with Crippen LogP contribution in [0.1, 0.15) is 31.8 Å². The summed E-state index contributed by atoms with van der Waals surface area (Å²) in [5.74, 6) is -0.625. The van der Waals surface area contributed by atoms with Crippen molar-refractivity contribution in [2.24, 2.45) is 0 Å². The van der Waals surface area contributed by atoms with Crippen molar-refractivity contribution in [2.75, 3.05) is 0 Å². The molecule has 0 aliphatic heterocycles. The largest absolute Gasteiger partial charge is 0.508 e. The molecule has 0 amide bonds. The molecule has 0 fully saturated rings.